The lowest BCUT2D eigenvalue weighted by Gasteiger charge is -2.29. The molecule has 1 saturated heterocycles. The van der Waals surface area contributed by atoms with Gasteiger partial charge in [0.25, 0.3) is 5.91 Å². The van der Waals surface area contributed by atoms with Crippen LogP contribution in [0.4, 0.5) is 18.9 Å². The van der Waals surface area contributed by atoms with Crippen molar-refractivity contribution in [3.63, 3.8) is 0 Å². The molecule has 2 heterocycles. The van der Waals surface area contributed by atoms with E-state index in [9.17, 15) is 27.6 Å². The third kappa shape index (κ3) is 5.23. The van der Waals surface area contributed by atoms with Crippen LogP contribution in [0.1, 0.15) is 38.2 Å². The Morgan fingerprint density at radius 2 is 1.97 bits per heavy atom. The number of amides is 2. The Balaban J connectivity index is 1.58. The van der Waals surface area contributed by atoms with E-state index in [0.29, 0.717) is 18.0 Å². The SMILES string of the molecule is C[C@H](OC(=O)C[C@@H]1Sc2ccc(C(F)(F)F)cc2NC1=O)C(=O)N1CCCCC1. The van der Waals surface area contributed by atoms with Gasteiger partial charge >= 0.3 is 12.1 Å². The number of ether oxygens (including phenoxy) is 1. The molecule has 0 aliphatic carbocycles. The van der Waals surface area contributed by atoms with Crippen molar-refractivity contribution in [1.82, 2.24) is 4.90 Å². The van der Waals surface area contributed by atoms with Gasteiger partial charge < -0.3 is 15.0 Å². The van der Waals surface area contributed by atoms with Crippen molar-refractivity contribution < 1.29 is 32.3 Å². The van der Waals surface area contributed by atoms with Gasteiger partial charge in [0.05, 0.1) is 22.9 Å². The summed E-state index contributed by atoms with van der Waals surface area (Å²) in [6.45, 7) is 2.77. The molecular formula is C19H21F3N2O4S. The molecule has 1 aromatic carbocycles. The van der Waals surface area contributed by atoms with Gasteiger partial charge in [0.15, 0.2) is 6.10 Å². The highest BCUT2D eigenvalue weighted by Gasteiger charge is 2.35. The van der Waals surface area contributed by atoms with Gasteiger partial charge in [-0.05, 0) is 44.4 Å². The van der Waals surface area contributed by atoms with E-state index in [1.54, 1.807) is 4.90 Å². The molecule has 2 atom stereocenters. The number of thioether (sulfide) groups is 1. The first-order valence-electron chi connectivity index (χ1n) is 9.32. The Hall–Kier alpha value is -2.23. The minimum Gasteiger partial charge on any atom is -0.452 e. The topological polar surface area (TPSA) is 75.7 Å². The number of nitrogens with zero attached hydrogens (tertiary/aromatic N) is 1. The average Bonchev–Trinajstić information content (AvgIpc) is 2.67. The van der Waals surface area contributed by atoms with E-state index in [1.807, 2.05) is 0 Å². The minimum atomic E-state index is -4.51. The van der Waals surface area contributed by atoms with Crippen LogP contribution in [0.2, 0.25) is 0 Å². The minimum absolute atomic E-state index is 0.0630. The van der Waals surface area contributed by atoms with E-state index >= 15 is 0 Å². The molecule has 3 rings (SSSR count). The molecule has 0 aromatic heterocycles. The predicted molar refractivity (Wildman–Crippen MR) is 100 cm³/mol. The molecule has 2 aliphatic rings. The van der Waals surface area contributed by atoms with Crippen molar-refractivity contribution in [2.75, 3.05) is 18.4 Å². The third-order valence-electron chi connectivity index (χ3n) is 4.80. The molecule has 0 unspecified atom stereocenters. The molecule has 0 saturated carbocycles. The van der Waals surface area contributed by atoms with Crippen LogP contribution in [-0.4, -0.2) is 47.1 Å². The maximum Gasteiger partial charge on any atom is 0.416 e. The quantitative estimate of drug-likeness (QED) is 0.741. The number of fused-ring (bicyclic) bond motifs is 1. The predicted octanol–water partition coefficient (Wildman–Crippen LogP) is 3.45. The van der Waals surface area contributed by atoms with Crippen molar-refractivity contribution in [1.29, 1.82) is 0 Å². The summed E-state index contributed by atoms with van der Waals surface area (Å²) in [5.41, 5.74) is -0.798. The Morgan fingerprint density at radius 3 is 2.62 bits per heavy atom. The molecule has 158 valence electrons. The number of piperidine rings is 1. The molecule has 29 heavy (non-hydrogen) atoms. The van der Waals surface area contributed by atoms with Crippen LogP contribution in [-0.2, 0) is 25.3 Å². The van der Waals surface area contributed by atoms with E-state index in [1.165, 1.54) is 13.0 Å². The number of benzene rings is 1. The number of nitrogens with one attached hydrogen (secondary N) is 1. The van der Waals surface area contributed by atoms with Gasteiger partial charge in [0.1, 0.15) is 0 Å². The second-order valence-corrected chi connectivity index (χ2v) is 8.27. The number of carbonyl (C=O) groups is 3. The van der Waals surface area contributed by atoms with E-state index in [0.717, 1.165) is 43.2 Å². The second kappa shape index (κ2) is 8.64. The standard InChI is InChI=1S/C19H21F3N2O4S/c1-11(18(27)24-7-3-2-4-8-24)28-16(25)10-15-17(26)23-13-9-12(19(20,21)22)5-6-14(13)29-15/h5-6,9,11,15H,2-4,7-8,10H2,1H3,(H,23,26)/t11-,15-/m0/s1. The average molecular weight is 430 g/mol. The van der Waals surface area contributed by atoms with Gasteiger partial charge in [-0.15, -0.1) is 11.8 Å². The lowest BCUT2D eigenvalue weighted by atomic mass is 10.1. The molecule has 1 aromatic rings. The second-order valence-electron chi connectivity index (χ2n) is 7.03. The highest BCUT2D eigenvalue weighted by atomic mass is 32.2. The number of esters is 1. The number of likely N-dealkylation sites (tertiary alicyclic amines) is 1. The summed E-state index contributed by atoms with van der Waals surface area (Å²) in [5, 5.41) is 1.57. The third-order valence-corrected chi connectivity index (χ3v) is 6.08. The summed E-state index contributed by atoms with van der Waals surface area (Å²) in [7, 11) is 0. The molecule has 0 spiro atoms. The number of rotatable bonds is 4. The molecular weight excluding hydrogens is 409 g/mol. The van der Waals surface area contributed by atoms with E-state index in [2.05, 4.69) is 5.32 Å². The first kappa shape index (κ1) is 21.5. The Morgan fingerprint density at radius 1 is 1.28 bits per heavy atom. The van der Waals surface area contributed by atoms with Gasteiger partial charge in [-0.3, -0.25) is 14.4 Å². The van der Waals surface area contributed by atoms with Gasteiger partial charge in [-0.25, -0.2) is 0 Å². The van der Waals surface area contributed by atoms with Crippen LogP contribution in [0.25, 0.3) is 0 Å². The molecule has 6 nitrogen and oxygen atoms in total. The maximum absolute atomic E-state index is 12.8. The summed E-state index contributed by atoms with van der Waals surface area (Å²) in [6.07, 6.45) is -2.84. The fraction of sp³-hybridized carbons (Fsp3) is 0.526. The van der Waals surface area contributed by atoms with Crippen LogP contribution in [0, 0.1) is 0 Å². The summed E-state index contributed by atoms with van der Waals surface area (Å²) >= 11 is 1.00. The highest BCUT2D eigenvalue weighted by molar-refractivity contribution is 8.01. The van der Waals surface area contributed by atoms with Crippen molar-refractivity contribution in [2.24, 2.45) is 0 Å². The van der Waals surface area contributed by atoms with Gasteiger partial charge in [0.2, 0.25) is 5.91 Å². The molecule has 2 amide bonds. The zero-order chi connectivity index (χ0) is 21.2. The monoisotopic (exact) mass is 430 g/mol. The van der Waals surface area contributed by atoms with Gasteiger partial charge in [0, 0.05) is 18.0 Å². The van der Waals surface area contributed by atoms with Crippen molar-refractivity contribution >= 4 is 35.2 Å². The number of anilines is 1. The molecule has 2 aliphatic heterocycles. The van der Waals surface area contributed by atoms with E-state index < -0.39 is 35.0 Å². The van der Waals surface area contributed by atoms with Crippen molar-refractivity contribution in [2.45, 2.75) is 55.0 Å². The van der Waals surface area contributed by atoms with Crippen molar-refractivity contribution in [3.05, 3.63) is 23.8 Å². The van der Waals surface area contributed by atoms with Crippen LogP contribution in [0.3, 0.4) is 0 Å². The van der Waals surface area contributed by atoms with Crippen LogP contribution in [0.15, 0.2) is 23.1 Å². The lowest BCUT2D eigenvalue weighted by Crippen LogP contribution is -2.43. The zero-order valence-corrected chi connectivity index (χ0v) is 16.6. The number of halogens is 3. The Labute approximate surface area is 170 Å². The number of hydrogen-bond donors (Lipinski definition) is 1. The summed E-state index contributed by atoms with van der Waals surface area (Å²) < 4.78 is 43.6. The van der Waals surface area contributed by atoms with Crippen LogP contribution < -0.4 is 5.32 Å². The van der Waals surface area contributed by atoms with Gasteiger partial charge in [-0.2, -0.15) is 13.2 Å². The number of carbonyl (C=O) groups excluding carboxylic acids is 3. The van der Waals surface area contributed by atoms with Gasteiger partial charge in [-0.1, -0.05) is 0 Å². The normalized spacial score (nSPS) is 20.5. The summed E-state index contributed by atoms with van der Waals surface area (Å²) in [6, 6.07) is 3.06. The Bertz CT molecular complexity index is 809. The smallest absolute Gasteiger partial charge is 0.416 e. The summed E-state index contributed by atoms with van der Waals surface area (Å²) in [5.74, 6) is -1.54. The molecule has 1 N–H and O–H groups in total. The molecule has 0 radical (unpaired) electrons. The summed E-state index contributed by atoms with van der Waals surface area (Å²) in [4.78, 5) is 38.9. The highest BCUT2D eigenvalue weighted by Crippen LogP contribution is 2.40. The largest absolute Gasteiger partial charge is 0.452 e. The fourth-order valence-corrected chi connectivity index (χ4v) is 4.36. The molecule has 0 bridgehead atoms. The van der Waals surface area contributed by atoms with Crippen LogP contribution >= 0.6 is 11.8 Å². The first-order valence-corrected chi connectivity index (χ1v) is 10.2. The van der Waals surface area contributed by atoms with E-state index in [4.69, 9.17) is 4.74 Å². The number of alkyl halides is 3. The maximum atomic E-state index is 12.8. The van der Waals surface area contributed by atoms with Crippen LogP contribution in [0.5, 0.6) is 0 Å². The lowest BCUT2D eigenvalue weighted by molar-refractivity contribution is -0.159. The molecule has 10 heteroatoms. The zero-order valence-electron chi connectivity index (χ0n) is 15.8. The molecule has 1 fully saturated rings. The Kier molecular flexibility index (Phi) is 6.40. The van der Waals surface area contributed by atoms with Crippen molar-refractivity contribution in [3.8, 4) is 0 Å². The fourth-order valence-electron chi connectivity index (χ4n) is 3.28. The number of hydrogen-bond acceptors (Lipinski definition) is 5. The van der Waals surface area contributed by atoms with E-state index in [-0.39, 0.29) is 18.0 Å². The first-order chi connectivity index (χ1) is 13.6.